The minimum atomic E-state index is -0.883. The van der Waals surface area contributed by atoms with Gasteiger partial charge in [-0.05, 0) is 31.4 Å². The van der Waals surface area contributed by atoms with E-state index in [0.717, 1.165) is 5.56 Å². The Morgan fingerprint density at radius 2 is 1.90 bits per heavy atom. The van der Waals surface area contributed by atoms with Crippen molar-refractivity contribution in [2.45, 2.75) is 33.6 Å². The van der Waals surface area contributed by atoms with Gasteiger partial charge in [-0.15, -0.1) is 0 Å². The van der Waals surface area contributed by atoms with Gasteiger partial charge in [0.15, 0.2) is 0 Å². The van der Waals surface area contributed by atoms with Crippen LogP contribution in [0.25, 0.3) is 0 Å². The van der Waals surface area contributed by atoms with Crippen LogP contribution in [0.5, 0.6) is 0 Å². The molecule has 0 aliphatic rings. The minimum absolute atomic E-state index is 0.180. The highest BCUT2D eigenvalue weighted by Gasteiger charge is 2.38. The van der Waals surface area contributed by atoms with Crippen LogP contribution in [0.2, 0.25) is 10.0 Å². The Bertz CT molecular complexity index is 542. The Kier molecular flexibility index (Phi) is 5.80. The summed E-state index contributed by atoms with van der Waals surface area (Å²) in [4.78, 5) is 12.7. The molecule has 0 saturated heterocycles. The van der Waals surface area contributed by atoms with Gasteiger partial charge in [-0.1, -0.05) is 55.3 Å². The fourth-order valence-corrected chi connectivity index (χ4v) is 2.88. The maximum atomic E-state index is 12.6. The average Bonchev–Trinajstić information content (AvgIpc) is 2.41. The molecule has 0 aliphatic carbocycles. The second-order valence-corrected chi connectivity index (χ2v) is 5.89. The molecule has 0 fully saturated rings. The number of halogens is 2. The molecule has 0 bridgehead atoms. The van der Waals surface area contributed by atoms with E-state index in [0.29, 0.717) is 28.6 Å². The third-order valence-corrected chi connectivity index (χ3v) is 4.83. The number of thiocarbonyl (C=S) groups is 1. The molecule has 0 aromatic heterocycles. The number of hydrogen-bond donors (Lipinski definition) is 2. The normalized spacial score (nSPS) is 11.2. The molecule has 1 rings (SSSR count). The van der Waals surface area contributed by atoms with E-state index in [2.05, 4.69) is 5.32 Å². The summed E-state index contributed by atoms with van der Waals surface area (Å²) in [7, 11) is 0. The molecule has 0 unspecified atom stereocenters. The van der Waals surface area contributed by atoms with Crippen LogP contribution in [-0.2, 0) is 4.79 Å². The van der Waals surface area contributed by atoms with Gasteiger partial charge < -0.3 is 11.1 Å². The van der Waals surface area contributed by atoms with Gasteiger partial charge in [-0.2, -0.15) is 0 Å². The fourth-order valence-electron chi connectivity index (χ4n) is 2.04. The summed E-state index contributed by atoms with van der Waals surface area (Å²) in [6.07, 6.45) is 1.04. The number of amides is 1. The van der Waals surface area contributed by atoms with E-state index in [1.54, 1.807) is 12.1 Å². The summed E-state index contributed by atoms with van der Waals surface area (Å²) < 4.78 is 0. The van der Waals surface area contributed by atoms with Gasteiger partial charge in [-0.25, -0.2) is 0 Å². The standard InChI is InChI=1S/C14H18Cl2N2OS/c1-4-14(5-2,12(17)20)13(19)18-11-9(15)7-6-8(3)10(11)16/h6-7H,4-5H2,1-3H3,(H2,17,20)(H,18,19). The Labute approximate surface area is 134 Å². The van der Waals surface area contributed by atoms with E-state index in [9.17, 15) is 4.79 Å². The number of carbonyl (C=O) groups is 1. The van der Waals surface area contributed by atoms with Crippen molar-refractivity contribution in [3.8, 4) is 0 Å². The molecule has 0 radical (unpaired) electrons. The zero-order chi connectivity index (χ0) is 15.5. The Hall–Kier alpha value is -0.840. The van der Waals surface area contributed by atoms with Crippen LogP contribution in [0.3, 0.4) is 0 Å². The van der Waals surface area contributed by atoms with E-state index >= 15 is 0 Å². The number of hydrogen-bond acceptors (Lipinski definition) is 2. The maximum Gasteiger partial charge on any atom is 0.237 e. The second-order valence-electron chi connectivity index (χ2n) is 4.66. The number of benzene rings is 1. The van der Waals surface area contributed by atoms with Crippen LogP contribution < -0.4 is 11.1 Å². The summed E-state index contributed by atoms with van der Waals surface area (Å²) in [5.41, 5.74) is 6.11. The van der Waals surface area contributed by atoms with Crippen molar-refractivity contribution in [1.82, 2.24) is 0 Å². The molecule has 1 aromatic rings. The molecular formula is C14H18Cl2N2OS. The van der Waals surface area contributed by atoms with Gasteiger partial charge in [0, 0.05) is 0 Å². The maximum absolute atomic E-state index is 12.6. The number of aryl methyl sites for hydroxylation is 1. The predicted molar refractivity (Wildman–Crippen MR) is 89.6 cm³/mol. The molecule has 0 saturated carbocycles. The highest BCUT2D eigenvalue weighted by molar-refractivity contribution is 7.80. The predicted octanol–water partition coefficient (Wildman–Crippen LogP) is 4.33. The molecule has 3 N–H and O–H groups in total. The van der Waals surface area contributed by atoms with Gasteiger partial charge in [0.2, 0.25) is 5.91 Å². The lowest BCUT2D eigenvalue weighted by Crippen LogP contribution is -2.45. The van der Waals surface area contributed by atoms with Gasteiger partial charge in [0.05, 0.1) is 26.1 Å². The molecule has 6 heteroatoms. The third kappa shape index (κ3) is 3.08. The van der Waals surface area contributed by atoms with E-state index in [1.807, 2.05) is 20.8 Å². The van der Waals surface area contributed by atoms with Crippen LogP contribution in [0.1, 0.15) is 32.3 Å². The van der Waals surface area contributed by atoms with Crippen LogP contribution in [-0.4, -0.2) is 10.9 Å². The van der Waals surface area contributed by atoms with Gasteiger partial charge in [0.25, 0.3) is 0 Å². The average molecular weight is 333 g/mol. The zero-order valence-electron chi connectivity index (χ0n) is 11.7. The van der Waals surface area contributed by atoms with Crippen molar-refractivity contribution in [1.29, 1.82) is 0 Å². The van der Waals surface area contributed by atoms with Crippen molar-refractivity contribution < 1.29 is 4.79 Å². The number of nitrogens with one attached hydrogen (secondary N) is 1. The number of anilines is 1. The molecule has 110 valence electrons. The largest absolute Gasteiger partial charge is 0.392 e. The molecule has 1 amide bonds. The molecule has 0 heterocycles. The first-order valence-electron chi connectivity index (χ1n) is 6.36. The van der Waals surface area contributed by atoms with Crippen molar-refractivity contribution >= 4 is 52.0 Å². The fraction of sp³-hybridized carbons (Fsp3) is 0.429. The SMILES string of the molecule is CCC(CC)(C(=O)Nc1c(Cl)ccc(C)c1Cl)C(N)=S. The second kappa shape index (κ2) is 6.74. The zero-order valence-corrected chi connectivity index (χ0v) is 14.0. The molecule has 20 heavy (non-hydrogen) atoms. The summed E-state index contributed by atoms with van der Waals surface area (Å²) >= 11 is 17.4. The molecule has 0 spiro atoms. The van der Waals surface area contributed by atoms with Crippen LogP contribution in [0, 0.1) is 12.3 Å². The van der Waals surface area contributed by atoms with Crippen molar-refractivity contribution in [2.24, 2.45) is 11.1 Å². The quantitative estimate of drug-likeness (QED) is 0.789. The first-order chi connectivity index (χ1) is 9.30. The Morgan fingerprint density at radius 1 is 1.35 bits per heavy atom. The number of rotatable bonds is 5. The van der Waals surface area contributed by atoms with Gasteiger partial charge in [-0.3, -0.25) is 4.79 Å². The van der Waals surface area contributed by atoms with Crippen molar-refractivity contribution in [2.75, 3.05) is 5.32 Å². The monoisotopic (exact) mass is 332 g/mol. The Balaban J connectivity index is 3.19. The molecule has 0 aliphatic heterocycles. The first-order valence-corrected chi connectivity index (χ1v) is 7.52. The summed E-state index contributed by atoms with van der Waals surface area (Å²) in [6.45, 7) is 5.60. The minimum Gasteiger partial charge on any atom is -0.392 e. The third-order valence-electron chi connectivity index (χ3n) is 3.64. The smallest absolute Gasteiger partial charge is 0.237 e. The van der Waals surface area contributed by atoms with Gasteiger partial charge in [0.1, 0.15) is 0 Å². The molecule has 0 atom stereocenters. The van der Waals surface area contributed by atoms with Gasteiger partial charge >= 0.3 is 0 Å². The van der Waals surface area contributed by atoms with Crippen LogP contribution in [0.15, 0.2) is 12.1 Å². The lowest BCUT2D eigenvalue weighted by Gasteiger charge is -2.29. The number of nitrogens with two attached hydrogens (primary N) is 1. The summed E-state index contributed by atoms with van der Waals surface area (Å²) in [5.74, 6) is -0.274. The lowest BCUT2D eigenvalue weighted by atomic mass is 9.81. The van der Waals surface area contributed by atoms with E-state index in [1.165, 1.54) is 0 Å². The highest BCUT2D eigenvalue weighted by atomic mass is 35.5. The van der Waals surface area contributed by atoms with Crippen LogP contribution >= 0.6 is 35.4 Å². The van der Waals surface area contributed by atoms with Crippen molar-refractivity contribution in [3.63, 3.8) is 0 Å². The lowest BCUT2D eigenvalue weighted by molar-refractivity contribution is -0.122. The summed E-state index contributed by atoms with van der Waals surface area (Å²) in [6, 6.07) is 3.49. The topological polar surface area (TPSA) is 55.1 Å². The molecular weight excluding hydrogens is 315 g/mol. The molecule has 3 nitrogen and oxygen atoms in total. The highest BCUT2D eigenvalue weighted by Crippen LogP contribution is 2.35. The van der Waals surface area contributed by atoms with E-state index < -0.39 is 5.41 Å². The number of carbonyl (C=O) groups excluding carboxylic acids is 1. The van der Waals surface area contributed by atoms with Crippen LogP contribution in [0.4, 0.5) is 5.69 Å². The Morgan fingerprint density at radius 3 is 2.35 bits per heavy atom. The summed E-state index contributed by atoms with van der Waals surface area (Å²) in [5, 5.41) is 3.59. The van der Waals surface area contributed by atoms with Crippen molar-refractivity contribution in [3.05, 3.63) is 27.7 Å². The van der Waals surface area contributed by atoms with E-state index in [-0.39, 0.29) is 10.9 Å². The van der Waals surface area contributed by atoms with E-state index in [4.69, 9.17) is 41.2 Å². The first kappa shape index (κ1) is 17.2. The molecule has 1 aromatic carbocycles.